The highest BCUT2D eigenvalue weighted by Crippen LogP contribution is 2.16. The molecule has 2 aromatic rings. The molecule has 0 saturated carbocycles. The maximum Gasteiger partial charge on any atom is 0.224 e. The Balaban J connectivity index is 1.87. The number of aromatic nitrogens is 1. The van der Waals surface area contributed by atoms with Gasteiger partial charge in [0.25, 0.3) is 0 Å². The molecule has 0 aliphatic carbocycles. The lowest BCUT2D eigenvalue weighted by Crippen LogP contribution is -2.12. The van der Waals surface area contributed by atoms with Gasteiger partial charge in [-0.15, -0.1) is 0 Å². The highest BCUT2D eigenvalue weighted by Gasteiger charge is 2.04. The second kappa shape index (κ2) is 6.54. The summed E-state index contributed by atoms with van der Waals surface area (Å²) in [6, 6.07) is 11.1. The van der Waals surface area contributed by atoms with Crippen molar-refractivity contribution in [1.29, 1.82) is 0 Å². The average Bonchev–Trinajstić information content (AvgIpc) is 2.46. The van der Waals surface area contributed by atoms with Gasteiger partial charge in [0.1, 0.15) is 5.75 Å². The number of methoxy groups -OCH3 is 1. The molecule has 1 heterocycles. The van der Waals surface area contributed by atoms with Crippen LogP contribution in [0.25, 0.3) is 0 Å². The summed E-state index contributed by atoms with van der Waals surface area (Å²) < 4.78 is 5.11. The number of benzene rings is 1. The Bertz CT molecular complexity index is 541. The number of amides is 1. The van der Waals surface area contributed by atoms with Gasteiger partial charge < -0.3 is 10.1 Å². The van der Waals surface area contributed by atoms with E-state index < -0.39 is 0 Å². The lowest BCUT2D eigenvalue weighted by Gasteiger charge is -2.06. The number of carbonyl (C=O) groups is 1. The molecule has 0 saturated heterocycles. The second-order valence-corrected chi connectivity index (χ2v) is 4.14. The van der Waals surface area contributed by atoms with Crippen LogP contribution in [-0.2, 0) is 11.2 Å². The van der Waals surface area contributed by atoms with E-state index in [2.05, 4.69) is 10.3 Å². The quantitative estimate of drug-likeness (QED) is 0.894. The first-order chi connectivity index (χ1) is 9.28. The van der Waals surface area contributed by atoms with Gasteiger partial charge in [0.2, 0.25) is 5.91 Å². The van der Waals surface area contributed by atoms with E-state index in [1.807, 2.05) is 30.3 Å². The second-order valence-electron chi connectivity index (χ2n) is 4.14. The summed E-state index contributed by atoms with van der Waals surface area (Å²) in [5.41, 5.74) is 1.80. The van der Waals surface area contributed by atoms with Gasteiger partial charge in [0.05, 0.1) is 7.11 Å². The monoisotopic (exact) mass is 256 g/mol. The minimum absolute atomic E-state index is 0.0166. The third-order valence-corrected chi connectivity index (χ3v) is 2.72. The van der Waals surface area contributed by atoms with Crippen molar-refractivity contribution in [3.63, 3.8) is 0 Å². The van der Waals surface area contributed by atoms with Crippen molar-refractivity contribution < 1.29 is 9.53 Å². The number of pyridine rings is 1. The van der Waals surface area contributed by atoms with Crippen LogP contribution in [0.15, 0.2) is 48.8 Å². The van der Waals surface area contributed by atoms with Crippen molar-refractivity contribution in [3.05, 3.63) is 54.4 Å². The molecule has 0 aliphatic rings. The largest absolute Gasteiger partial charge is 0.497 e. The van der Waals surface area contributed by atoms with Crippen molar-refractivity contribution in [2.24, 2.45) is 0 Å². The molecular formula is C15H16N2O2. The van der Waals surface area contributed by atoms with Crippen LogP contribution in [0.1, 0.15) is 12.0 Å². The smallest absolute Gasteiger partial charge is 0.224 e. The molecule has 4 heteroatoms. The zero-order valence-electron chi connectivity index (χ0n) is 10.8. The Morgan fingerprint density at radius 1 is 1.32 bits per heavy atom. The summed E-state index contributed by atoms with van der Waals surface area (Å²) in [5, 5.41) is 2.85. The van der Waals surface area contributed by atoms with Crippen LogP contribution in [0.3, 0.4) is 0 Å². The van der Waals surface area contributed by atoms with Crippen LogP contribution in [0.5, 0.6) is 5.75 Å². The fourth-order valence-corrected chi connectivity index (χ4v) is 1.73. The van der Waals surface area contributed by atoms with Crippen LogP contribution in [0, 0.1) is 0 Å². The molecular weight excluding hydrogens is 240 g/mol. The average molecular weight is 256 g/mol. The van der Waals surface area contributed by atoms with Gasteiger partial charge in [-0.1, -0.05) is 12.1 Å². The molecule has 0 fully saturated rings. The van der Waals surface area contributed by atoms with Crippen molar-refractivity contribution in [2.75, 3.05) is 12.4 Å². The highest BCUT2D eigenvalue weighted by molar-refractivity contribution is 5.91. The molecule has 2 rings (SSSR count). The number of nitrogens with one attached hydrogen (secondary N) is 1. The standard InChI is InChI=1S/C15H16N2O2/c1-19-14-6-2-5-13(10-14)17-15(18)8-7-12-4-3-9-16-11-12/h2-6,9-11H,7-8H2,1H3,(H,17,18). The third kappa shape index (κ3) is 4.10. The van der Waals surface area contributed by atoms with Gasteiger partial charge in [-0.3, -0.25) is 9.78 Å². The summed E-state index contributed by atoms with van der Waals surface area (Å²) in [4.78, 5) is 15.8. The third-order valence-electron chi connectivity index (χ3n) is 2.72. The van der Waals surface area contributed by atoms with E-state index in [4.69, 9.17) is 4.74 Å². The lowest BCUT2D eigenvalue weighted by molar-refractivity contribution is -0.116. The molecule has 0 spiro atoms. The molecule has 1 amide bonds. The van der Waals surface area contributed by atoms with Crippen molar-refractivity contribution in [2.45, 2.75) is 12.8 Å². The summed E-state index contributed by atoms with van der Waals surface area (Å²) in [6.07, 6.45) is 4.62. The fourth-order valence-electron chi connectivity index (χ4n) is 1.73. The van der Waals surface area contributed by atoms with Crippen molar-refractivity contribution in [1.82, 2.24) is 4.98 Å². The van der Waals surface area contributed by atoms with Gasteiger partial charge in [-0.05, 0) is 30.2 Å². The first kappa shape index (κ1) is 13.1. The minimum Gasteiger partial charge on any atom is -0.497 e. The van der Waals surface area contributed by atoms with E-state index >= 15 is 0 Å². The van der Waals surface area contributed by atoms with Crippen LogP contribution in [-0.4, -0.2) is 18.0 Å². The molecule has 0 bridgehead atoms. The summed E-state index contributed by atoms with van der Waals surface area (Å²) in [6.45, 7) is 0. The number of ether oxygens (including phenoxy) is 1. The maximum atomic E-state index is 11.8. The summed E-state index contributed by atoms with van der Waals surface area (Å²) in [5.74, 6) is 0.710. The predicted molar refractivity (Wildman–Crippen MR) is 74.2 cm³/mol. The number of anilines is 1. The van der Waals surface area contributed by atoms with E-state index in [0.29, 0.717) is 12.8 Å². The number of aryl methyl sites for hydroxylation is 1. The number of hydrogen-bond acceptors (Lipinski definition) is 3. The molecule has 19 heavy (non-hydrogen) atoms. The van der Waals surface area contributed by atoms with Gasteiger partial charge >= 0.3 is 0 Å². The first-order valence-corrected chi connectivity index (χ1v) is 6.11. The predicted octanol–water partition coefficient (Wildman–Crippen LogP) is 2.66. The fraction of sp³-hybridized carbons (Fsp3) is 0.200. The minimum atomic E-state index is -0.0166. The van der Waals surface area contributed by atoms with E-state index in [1.165, 1.54) is 0 Å². The Morgan fingerprint density at radius 2 is 2.21 bits per heavy atom. The molecule has 4 nitrogen and oxygen atoms in total. The van der Waals surface area contributed by atoms with E-state index in [9.17, 15) is 4.79 Å². The molecule has 0 unspecified atom stereocenters. The number of carbonyl (C=O) groups excluding carboxylic acids is 1. The van der Waals surface area contributed by atoms with Crippen LogP contribution < -0.4 is 10.1 Å². The number of nitrogens with zero attached hydrogens (tertiary/aromatic N) is 1. The summed E-state index contributed by atoms with van der Waals surface area (Å²) >= 11 is 0. The molecule has 1 aromatic carbocycles. The van der Waals surface area contributed by atoms with E-state index in [-0.39, 0.29) is 5.91 Å². The van der Waals surface area contributed by atoms with Crippen LogP contribution >= 0.6 is 0 Å². The Labute approximate surface area is 112 Å². The highest BCUT2D eigenvalue weighted by atomic mass is 16.5. The van der Waals surface area contributed by atoms with Crippen molar-refractivity contribution >= 4 is 11.6 Å². The van der Waals surface area contributed by atoms with Gasteiger partial charge in [0.15, 0.2) is 0 Å². The number of hydrogen-bond donors (Lipinski definition) is 1. The SMILES string of the molecule is COc1cccc(NC(=O)CCc2cccnc2)c1. The number of rotatable bonds is 5. The molecule has 98 valence electrons. The zero-order chi connectivity index (χ0) is 13.5. The van der Waals surface area contributed by atoms with Crippen molar-refractivity contribution in [3.8, 4) is 5.75 Å². The molecule has 0 aliphatic heterocycles. The van der Waals surface area contributed by atoms with E-state index in [1.54, 1.807) is 25.6 Å². The Morgan fingerprint density at radius 3 is 2.95 bits per heavy atom. The first-order valence-electron chi connectivity index (χ1n) is 6.11. The topological polar surface area (TPSA) is 51.2 Å². The molecule has 1 aromatic heterocycles. The normalized spacial score (nSPS) is 9.95. The van der Waals surface area contributed by atoms with Crippen LogP contribution in [0.2, 0.25) is 0 Å². The lowest BCUT2D eigenvalue weighted by atomic mass is 10.1. The molecule has 1 N–H and O–H groups in total. The van der Waals surface area contributed by atoms with E-state index in [0.717, 1.165) is 17.0 Å². The molecule has 0 radical (unpaired) electrons. The maximum absolute atomic E-state index is 11.8. The zero-order valence-corrected chi connectivity index (χ0v) is 10.8. The van der Waals surface area contributed by atoms with Gasteiger partial charge in [-0.2, -0.15) is 0 Å². The van der Waals surface area contributed by atoms with Gasteiger partial charge in [0, 0.05) is 30.6 Å². The Hall–Kier alpha value is -2.36. The van der Waals surface area contributed by atoms with Crippen LogP contribution in [0.4, 0.5) is 5.69 Å². The Kier molecular flexibility index (Phi) is 4.50. The summed E-state index contributed by atoms with van der Waals surface area (Å²) in [7, 11) is 1.60. The molecule has 0 atom stereocenters. The van der Waals surface area contributed by atoms with Gasteiger partial charge in [-0.25, -0.2) is 0 Å².